The van der Waals surface area contributed by atoms with Gasteiger partial charge in [0, 0.05) is 17.4 Å². The van der Waals surface area contributed by atoms with E-state index in [1.54, 1.807) is 11.0 Å². The van der Waals surface area contributed by atoms with Crippen molar-refractivity contribution in [2.24, 2.45) is 0 Å². The molecule has 2 unspecified atom stereocenters. The second-order valence-electron chi connectivity index (χ2n) is 4.77. The van der Waals surface area contributed by atoms with Crippen LogP contribution in [0.1, 0.15) is 17.3 Å². The van der Waals surface area contributed by atoms with Gasteiger partial charge in [0.2, 0.25) is 0 Å². The predicted octanol–water partition coefficient (Wildman–Crippen LogP) is 2.46. The summed E-state index contributed by atoms with van der Waals surface area (Å²) in [4.78, 5) is 14.2. The van der Waals surface area contributed by atoms with E-state index in [9.17, 15) is 9.18 Å². The van der Waals surface area contributed by atoms with Crippen molar-refractivity contribution in [3.63, 3.8) is 0 Å². The number of benzene rings is 1. The van der Waals surface area contributed by atoms with E-state index in [1.165, 1.54) is 19.2 Å². The maximum Gasteiger partial charge on any atom is 0.254 e. The standard InChI is InChI=1S/C14H17BrFNO3/c1-9-8-20-11(6-15)7-17(9)14(18)10-3-4-13(19-2)12(16)5-10/h3-5,9,11H,6-8H2,1-2H3. The molecule has 1 aromatic rings. The molecule has 110 valence electrons. The lowest BCUT2D eigenvalue weighted by molar-refractivity contribution is -0.0361. The summed E-state index contributed by atoms with van der Waals surface area (Å²) >= 11 is 3.35. The number of carbonyl (C=O) groups excluding carboxylic acids is 1. The van der Waals surface area contributed by atoms with Gasteiger partial charge in [-0.1, -0.05) is 15.9 Å². The lowest BCUT2D eigenvalue weighted by atomic mass is 10.1. The second-order valence-corrected chi connectivity index (χ2v) is 5.41. The number of methoxy groups -OCH3 is 1. The fourth-order valence-corrected chi connectivity index (χ4v) is 2.55. The third-order valence-electron chi connectivity index (χ3n) is 3.34. The van der Waals surface area contributed by atoms with Crippen LogP contribution in [0.25, 0.3) is 0 Å². The average Bonchev–Trinajstić information content (AvgIpc) is 2.47. The van der Waals surface area contributed by atoms with Crippen molar-refractivity contribution in [3.05, 3.63) is 29.6 Å². The van der Waals surface area contributed by atoms with E-state index in [1.807, 2.05) is 6.92 Å². The topological polar surface area (TPSA) is 38.8 Å². The molecule has 0 saturated carbocycles. The Kier molecular flexibility index (Phi) is 4.99. The Morgan fingerprint density at radius 2 is 2.35 bits per heavy atom. The number of hydrogen-bond donors (Lipinski definition) is 0. The molecule has 6 heteroatoms. The zero-order valence-corrected chi connectivity index (χ0v) is 13.0. The number of morpholine rings is 1. The molecule has 0 aromatic heterocycles. The summed E-state index contributed by atoms with van der Waals surface area (Å²) in [5.41, 5.74) is 0.324. The molecule has 1 heterocycles. The van der Waals surface area contributed by atoms with E-state index in [2.05, 4.69) is 15.9 Å². The highest BCUT2D eigenvalue weighted by molar-refractivity contribution is 9.09. The highest BCUT2D eigenvalue weighted by Crippen LogP contribution is 2.21. The minimum absolute atomic E-state index is 0.0250. The number of hydrogen-bond acceptors (Lipinski definition) is 3. The lowest BCUT2D eigenvalue weighted by Gasteiger charge is -2.37. The van der Waals surface area contributed by atoms with Crippen LogP contribution >= 0.6 is 15.9 Å². The van der Waals surface area contributed by atoms with Crippen molar-refractivity contribution < 1.29 is 18.7 Å². The van der Waals surface area contributed by atoms with Crippen LogP contribution in [0.2, 0.25) is 0 Å². The van der Waals surface area contributed by atoms with Crippen LogP contribution < -0.4 is 4.74 Å². The number of nitrogens with zero attached hydrogens (tertiary/aromatic N) is 1. The van der Waals surface area contributed by atoms with Crippen LogP contribution in [0, 0.1) is 5.82 Å². The highest BCUT2D eigenvalue weighted by Gasteiger charge is 2.30. The van der Waals surface area contributed by atoms with Gasteiger partial charge in [0.1, 0.15) is 0 Å². The van der Waals surface area contributed by atoms with Gasteiger partial charge in [0.25, 0.3) is 5.91 Å². The normalized spacial score (nSPS) is 22.7. The summed E-state index contributed by atoms with van der Waals surface area (Å²) in [5.74, 6) is -0.584. The molecule has 1 amide bonds. The number of rotatable bonds is 3. The lowest BCUT2D eigenvalue weighted by Crippen LogP contribution is -2.51. The molecule has 0 spiro atoms. The van der Waals surface area contributed by atoms with E-state index in [0.29, 0.717) is 24.0 Å². The molecule has 0 bridgehead atoms. The van der Waals surface area contributed by atoms with Gasteiger partial charge in [-0.05, 0) is 25.1 Å². The summed E-state index contributed by atoms with van der Waals surface area (Å²) in [6.07, 6.45) is -0.0294. The molecule has 0 N–H and O–H groups in total. The highest BCUT2D eigenvalue weighted by atomic mass is 79.9. The van der Waals surface area contributed by atoms with Gasteiger partial charge in [0.05, 0.1) is 25.9 Å². The number of halogens is 2. The first-order valence-corrected chi connectivity index (χ1v) is 7.51. The Hall–Kier alpha value is -1.14. The van der Waals surface area contributed by atoms with Crippen molar-refractivity contribution in [2.45, 2.75) is 19.1 Å². The summed E-state index contributed by atoms with van der Waals surface area (Å²) in [6.45, 7) is 2.90. The third kappa shape index (κ3) is 3.12. The number of ether oxygens (including phenoxy) is 2. The van der Waals surface area contributed by atoms with E-state index in [4.69, 9.17) is 9.47 Å². The summed E-state index contributed by atoms with van der Waals surface area (Å²) in [7, 11) is 1.39. The predicted molar refractivity (Wildman–Crippen MR) is 77.0 cm³/mol. The van der Waals surface area contributed by atoms with Crippen molar-refractivity contribution in [2.75, 3.05) is 25.6 Å². The SMILES string of the molecule is COc1ccc(C(=O)N2CC(CBr)OCC2C)cc1F. The second kappa shape index (κ2) is 6.54. The van der Waals surface area contributed by atoms with Gasteiger partial charge in [0.15, 0.2) is 11.6 Å². The van der Waals surface area contributed by atoms with Gasteiger partial charge in [-0.3, -0.25) is 4.79 Å². The molecule has 1 saturated heterocycles. The molecular formula is C14H17BrFNO3. The quantitative estimate of drug-likeness (QED) is 0.790. The van der Waals surface area contributed by atoms with Gasteiger partial charge < -0.3 is 14.4 Å². The fraction of sp³-hybridized carbons (Fsp3) is 0.500. The first kappa shape index (κ1) is 15.3. The van der Waals surface area contributed by atoms with E-state index < -0.39 is 5.82 Å². The molecule has 4 nitrogen and oxygen atoms in total. The Labute approximate surface area is 126 Å². The summed E-state index contributed by atoms with van der Waals surface area (Å²) in [6, 6.07) is 4.24. The Balaban J connectivity index is 2.19. The van der Waals surface area contributed by atoms with E-state index in [0.717, 1.165) is 0 Å². The maximum absolute atomic E-state index is 13.7. The maximum atomic E-state index is 13.7. The van der Waals surface area contributed by atoms with Crippen LogP contribution in [0.4, 0.5) is 4.39 Å². The third-order valence-corrected chi connectivity index (χ3v) is 4.06. The molecule has 1 aliphatic rings. The molecule has 0 aliphatic carbocycles. The van der Waals surface area contributed by atoms with Crippen LogP contribution in [0.5, 0.6) is 5.75 Å². The number of carbonyl (C=O) groups is 1. The minimum Gasteiger partial charge on any atom is -0.494 e. The van der Waals surface area contributed by atoms with Gasteiger partial charge in [-0.2, -0.15) is 0 Å². The average molecular weight is 346 g/mol. The zero-order valence-electron chi connectivity index (χ0n) is 11.4. The molecular weight excluding hydrogens is 329 g/mol. The Bertz CT molecular complexity index is 497. The van der Waals surface area contributed by atoms with E-state index >= 15 is 0 Å². The Morgan fingerprint density at radius 3 is 2.95 bits per heavy atom. The smallest absolute Gasteiger partial charge is 0.254 e. The van der Waals surface area contributed by atoms with Crippen LogP contribution in [-0.2, 0) is 4.74 Å². The molecule has 1 aliphatic heterocycles. The van der Waals surface area contributed by atoms with Crippen molar-refractivity contribution in [3.8, 4) is 5.75 Å². The van der Waals surface area contributed by atoms with Gasteiger partial charge in [-0.25, -0.2) is 4.39 Å². The van der Waals surface area contributed by atoms with Gasteiger partial charge >= 0.3 is 0 Å². The summed E-state index contributed by atoms with van der Waals surface area (Å²) in [5, 5.41) is 0.667. The summed E-state index contributed by atoms with van der Waals surface area (Å²) < 4.78 is 24.1. The van der Waals surface area contributed by atoms with Crippen molar-refractivity contribution in [1.82, 2.24) is 4.90 Å². The van der Waals surface area contributed by atoms with Gasteiger partial charge in [-0.15, -0.1) is 0 Å². The largest absolute Gasteiger partial charge is 0.494 e. The van der Waals surface area contributed by atoms with Crippen molar-refractivity contribution in [1.29, 1.82) is 0 Å². The van der Waals surface area contributed by atoms with Crippen molar-refractivity contribution >= 4 is 21.8 Å². The number of amides is 1. The molecule has 0 radical (unpaired) electrons. The van der Waals surface area contributed by atoms with Crippen LogP contribution in [0.3, 0.4) is 0 Å². The van der Waals surface area contributed by atoms with Crippen LogP contribution in [-0.4, -0.2) is 48.5 Å². The number of alkyl halides is 1. The molecule has 1 aromatic carbocycles. The molecule has 20 heavy (non-hydrogen) atoms. The zero-order chi connectivity index (χ0) is 14.7. The Morgan fingerprint density at radius 1 is 1.60 bits per heavy atom. The fourth-order valence-electron chi connectivity index (χ4n) is 2.16. The first-order chi connectivity index (χ1) is 9.56. The first-order valence-electron chi connectivity index (χ1n) is 6.39. The molecule has 2 atom stereocenters. The van der Waals surface area contributed by atoms with E-state index in [-0.39, 0.29) is 23.8 Å². The minimum atomic E-state index is -0.531. The van der Waals surface area contributed by atoms with Crippen LogP contribution in [0.15, 0.2) is 18.2 Å². The molecule has 2 rings (SSSR count). The molecule has 1 fully saturated rings. The monoisotopic (exact) mass is 345 g/mol.